The van der Waals surface area contributed by atoms with Crippen molar-refractivity contribution in [2.24, 2.45) is 0 Å². The van der Waals surface area contributed by atoms with E-state index in [0.29, 0.717) is 16.7 Å². The molecule has 124 valence electrons. The molecule has 3 aromatic heterocycles. The van der Waals surface area contributed by atoms with Crippen LogP contribution in [0, 0.1) is 0 Å². The Labute approximate surface area is 151 Å². The number of aromatic amines is 1. The highest BCUT2D eigenvalue weighted by Gasteiger charge is 2.20. The van der Waals surface area contributed by atoms with E-state index in [1.54, 1.807) is 23.6 Å². The summed E-state index contributed by atoms with van der Waals surface area (Å²) in [6.07, 6.45) is 3.72. The van der Waals surface area contributed by atoms with Gasteiger partial charge in [-0.25, -0.2) is 9.97 Å². The molecule has 1 atom stereocenters. The molecule has 0 aromatic carbocycles. The second-order valence-electron chi connectivity index (χ2n) is 5.79. The fourth-order valence-corrected chi connectivity index (χ4v) is 4.26. The Morgan fingerprint density at radius 1 is 1.46 bits per heavy atom. The maximum absolute atomic E-state index is 12.7. The molecule has 0 saturated carbocycles. The third kappa shape index (κ3) is 3.09. The number of hydrogen-bond donors (Lipinski definition) is 3. The molecule has 8 heteroatoms. The molecular formula is C16H16BrN5OS. The van der Waals surface area contributed by atoms with E-state index in [4.69, 9.17) is 0 Å². The number of carbonyl (C=O) groups is 1. The van der Waals surface area contributed by atoms with Crippen molar-refractivity contribution in [3.8, 4) is 10.7 Å². The molecule has 1 saturated heterocycles. The summed E-state index contributed by atoms with van der Waals surface area (Å²) in [7, 11) is 0. The van der Waals surface area contributed by atoms with Gasteiger partial charge in [0.25, 0.3) is 5.91 Å². The van der Waals surface area contributed by atoms with Crippen molar-refractivity contribution in [2.75, 3.05) is 13.1 Å². The highest BCUT2D eigenvalue weighted by atomic mass is 79.9. The number of imidazole rings is 1. The van der Waals surface area contributed by atoms with Gasteiger partial charge in [0.15, 0.2) is 11.5 Å². The minimum absolute atomic E-state index is 0.0846. The molecule has 24 heavy (non-hydrogen) atoms. The van der Waals surface area contributed by atoms with E-state index in [2.05, 4.69) is 41.5 Å². The SMILES string of the molecule is O=C(N[C@H]1CCCNC1)c1ccnc2nc(-c3cc(Br)cs3)[nH]c12. The summed E-state index contributed by atoms with van der Waals surface area (Å²) in [5.74, 6) is 0.645. The van der Waals surface area contributed by atoms with Crippen molar-refractivity contribution in [3.63, 3.8) is 0 Å². The third-order valence-electron chi connectivity index (χ3n) is 4.07. The van der Waals surface area contributed by atoms with E-state index in [1.165, 1.54) is 0 Å². The number of aromatic nitrogens is 3. The minimum Gasteiger partial charge on any atom is -0.348 e. The first-order valence-corrected chi connectivity index (χ1v) is 9.48. The number of carbonyl (C=O) groups excluding carboxylic acids is 1. The van der Waals surface area contributed by atoms with Crippen LogP contribution in [0.5, 0.6) is 0 Å². The van der Waals surface area contributed by atoms with Crippen molar-refractivity contribution >= 4 is 44.3 Å². The van der Waals surface area contributed by atoms with Crippen LogP contribution in [0.25, 0.3) is 21.9 Å². The number of piperidine rings is 1. The minimum atomic E-state index is -0.0846. The van der Waals surface area contributed by atoms with Crippen molar-refractivity contribution in [2.45, 2.75) is 18.9 Å². The van der Waals surface area contributed by atoms with E-state index in [1.807, 2.05) is 11.4 Å². The Bertz CT molecular complexity index is 884. The molecule has 4 rings (SSSR count). The first-order chi connectivity index (χ1) is 11.7. The number of hydrogen-bond acceptors (Lipinski definition) is 5. The van der Waals surface area contributed by atoms with Crippen molar-refractivity contribution in [1.29, 1.82) is 0 Å². The molecule has 6 nitrogen and oxygen atoms in total. The van der Waals surface area contributed by atoms with Gasteiger partial charge in [-0.1, -0.05) is 0 Å². The molecule has 3 N–H and O–H groups in total. The molecule has 0 bridgehead atoms. The van der Waals surface area contributed by atoms with Gasteiger partial charge >= 0.3 is 0 Å². The molecule has 1 fully saturated rings. The maximum atomic E-state index is 12.7. The fraction of sp³-hybridized carbons (Fsp3) is 0.312. The zero-order chi connectivity index (χ0) is 16.5. The summed E-state index contributed by atoms with van der Waals surface area (Å²) in [5.41, 5.74) is 1.82. The number of amides is 1. The number of nitrogens with one attached hydrogen (secondary N) is 3. The first kappa shape index (κ1) is 15.7. The summed E-state index contributed by atoms with van der Waals surface area (Å²) in [4.78, 5) is 25.7. The van der Waals surface area contributed by atoms with E-state index in [9.17, 15) is 4.79 Å². The lowest BCUT2D eigenvalue weighted by Gasteiger charge is -2.23. The summed E-state index contributed by atoms with van der Waals surface area (Å²) in [6, 6.07) is 3.90. The monoisotopic (exact) mass is 405 g/mol. The number of pyridine rings is 1. The topological polar surface area (TPSA) is 82.7 Å². The van der Waals surface area contributed by atoms with Crippen molar-refractivity contribution in [3.05, 3.63) is 33.7 Å². The Balaban J connectivity index is 1.65. The highest BCUT2D eigenvalue weighted by molar-refractivity contribution is 9.10. The molecular weight excluding hydrogens is 390 g/mol. The average Bonchev–Trinajstić information content (AvgIpc) is 3.21. The van der Waals surface area contributed by atoms with Crippen LogP contribution in [-0.4, -0.2) is 40.0 Å². The van der Waals surface area contributed by atoms with E-state index in [0.717, 1.165) is 41.1 Å². The Morgan fingerprint density at radius 3 is 3.12 bits per heavy atom. The zero-order valence-electron chi connectivity index (χ0n) is 12.8. The molecule has 1 aliphatic heterocycles. The fourth-order valence-electron chi connectivity index (χ4n) is 2.89. The predicted molar refractivity (Wildman–Crippen MR) is 98.3 cm³/mol. The van der Waals surface area contributed by atoms with Gasteiger partial charge in [0.05, 0.1) is 16.0 Å². The summed E-state index contributed by atoms with van der Waals surface area (Å²) >= 11 is 5.03. The largest absolute Gasteiger partial charge is 0.348 e. The van der Waals surface area contributed by atoms with Gasteiger partial charge in [-0.2, -0.15) is 0 Å². The number of fused-ring (bicyclic) bond motifs is 1. The summed E-state index contributed by atoms with van der Waals surface area (Å²) < 4.78 is 1.01. The van der Waals surface area contributed by atoms with Gasteiger partial charge in [-0.15, -0.1) is 11.3 Å². The van der Waals surface area contributed by atoms with Crippen LogP contribution in [0.2, 0.25) is 0 Å². The quantitative estimate of drug-likeness (QED) is 0.625. The number of halogens is 1. The molecule has 1 amide bonds. The number of thiophene rings is 1. The lowest BCUT2D eigenvalue weighted by atomic mass is 10.1. The van der Waals surface area contributed by atoms with Crippen LogP contribution in [0.4, 0.5) is 0 Å². The van der Waals surface area contributed by atoms with Gasteiger partial charge in [0.2, 0.25) is 0 Å². The van der Waals surface area contributed by atoms with Gasteiger partial charge in [0.1, 0.15) is 0 Å². The zero-order valence-corrected chi connectivity index (χ0v) is 15.2. The smallest absolute Gasteiger partial charge is 0.253 e. The summed E-state index contributed by atoms with van der Waals surface area (Å²) in [6.45, 7) is 1.84. The van der Waals surface area contributed by atoms with Crippen LogP contribution in [0.1, 0.15) is 23.2 Å². The standard InChI is InChI=1S/C16H16BrN5OS/c17-9-6-12(24-8-9)14-21-13-11(3-5-19-15(13)22-14)16(23)20-10-2-1-4-18-7-10/h3,5-6,8,10,18H,1-2,4,7H2,(H,20,23)(H,19,21,22)/t10-/m0/s1. The predicted octanol–water partition coefficient (Wildman–Crippen LogP) is 2.93. The van der Waals surface area contributed by atoms with Crippen LogP contribution >= 0.6 is 27.3 Å². The molecule has 4 heterocycles. The molecule has 0 aliphatic carbocycles. The van der Waals surface area contributed by atoms with E-state index >= 15 is 0 Å². The van der Waals surface area contributed by atoms with Crippen LogP contribution in [0.15, 0.2) is 28.2 Å². The number of nitrogens with zero attached hydrogens (tertiary/aromatic N) is 2. The first-order valence-electron chi connectivity index (χ1n) is 7.81. The normalized spacial score (nSPS) is 18.0. The third-order valence-corrected chi connectivity index (χ3v) is 5.77. The highest BCUT2D eigenvalue weighted by Crippen LogP contribution is 2.29. The van der Waals surface area contributed by atoms with Gasteiger partial charge in [-0.3, -0.25) is 4.79 Å². The van der Waals surface area contributed by atoms with Crippen LogP contribution in [0.3, 0.4) is 0 Å². The lowest BCUT2D eigenvalue weighted by Crippen LogP contribution is -2.45. The Kier molecular flexibility index (Phi) is 4.34. The maximum Gasteiger partial charge on any atom is 0.253 e. The van der Waals surface area contributed by atoms with Crippen molar-refractivity contribution < 1.29 is 4.79 Å². The second-order valence-corrected chi connectivity index (χ2v) is 7.62. The Hall–Kier alpha value is -1.77. The number of H-pyrrole nitrogens is 1. The Morgan fingerprint density at radius 2 is 2.38 bits per heavy atom. The molecule has 1 aliphatic rings. The van der Waals surface area contributed by atoms with E-state index in [-0.39, 0.29) is 11.9 Å². The molecule has 0 unspecified atom stereocenters. The second kappa shape index (κ2) is 6.62. The van der Waals surface area contributed by atoms with Gasteiger partial charge in [0, 0.05) is 28.6 Å². The summed E-state index contributed by atoms with van der Waals surface area (Å²) in [5, 5.41) is 8.40. The average molecular weight is 406 g/mol. The van der Waals surface area contributed by atoms with Gasteiger partial charge < -0.3 is 15.6 Å². The van der Waals surface area contributed by atoms with Crippen LogP contribution in [-0.2, 0) is 0 Å². The van der Waals surface area contributed by atoms with Crippen molar-refractivity contribution in [1.82, 2.24) is 25.6 Å². The molecule has 3 aromatic rings. The van der Waals surface area contributed by atoms with Crippen LogP contribution < -0.4 is 10.6 Å². The number of rotatable bonds is 3. The lowest BCUT2D eigenvalue weighted by molar-refractivity contribution is 0.0932. The molecule has 0 radical (unpaired) electrons. The van der Waals surface area contributed by atoms with E-state index < -0.39 is 0 Å². The van der Waals surface area contributed by atoms with Gasteiger partial charge in [-0.05, 0) is 47.4 Å². The molecule has 0 spiro atoms.